The molecular weight excluding hydrogens is 212 g/mol. The van der Waals surface area contributed by atoms with Crippen LogP contribution in [-0.4, -0.2) is 48.8 Å². The molecule has 0 spiro atoms. The number of hydrogen-bond acceptors (Lipinski definition) is 3. The summed E-state index contributed by atoms with van der Waals surface area (Å²) < 4.78 is 5.83. The van der Waals surface area contributed by atoms with Crippen LogP contribution < -0.4 is 5.32 Å². The lowest BCUT2D eigenvalue weighted by atomic mass is 9.99. The number of nitrogens with zero attached hydrogens (tertiary/aromatic N) is 1. The molecule has 1 aliphatic rings. The SMILES string of the molecule is CC1CN(CCOC(C)(C)C)C(C(C)C)CN1. The van der Waals surface area contributed by atoms with E-state index in [1.807, 2.05) is 0 Å². The van der Waals surface area contributed by atoms with Crippen LogP contribution in [0.3, 0.4) is 0 Å². The summed E-state index contributed by atoms with van der Waals surface area (Å²) in [7, 11) is 0. The van der Waals surface area contributed by atoms with Crippen molar-refractivity contribution < 1.29 is 4.74 Å². The van der Waals surface area contributed by atoms with E-state index in [2.05, 4.69) is 51.8 Å². The zero-order valence-corrected chi connectivity index (χ0v) is 12.4. The highest BCUT2D eigenvalue weighted by Crippen LogP contribution is 2.15. The van der Waals surface area contributed by atoms with E-state index in [-0.39, 0.29) is 5.60 Å². The lowest BCUT2D eigenvalue weighted by Crippen LogP contribution is -2.58. The molecule has 0 aliphatic carbocycles. The highest BCUT2D eigenvalue weighted by atomic mass is 16.5. The topological polar surface area (TPSA) is 24.5 Å². The molecule has 102 valence electrons. The third kappa shape index (κ3) is 5.36. The van der Waals surface area contributed by atoms with E-state index >= 15 is 0 Å². The summed E-state index contributed by atoms with van der Waals surface area (Å²) in [4.78, 5) is 2.58. The Balaban J connectivity index is 2.41. The summed E-state index contributed by atoms with van der Waals surface area (Å²) in [6, 6.07) is 1.24. The van der Waals surface area contributed by atoms with Crippen LogP contribution in [0.4, 0.5) is 0 Å². The van der Waals surface area contributed by atoms with Crippen molar-refractivity contribution in [2.75, 3.05) is 26.2 Å². The summed E-state index contributed by atoms with van der Waals surface area (Å²) >= 11 is 0. The predicted molar refractivity (Wildman–Crippen MR) is 73.4 cm³/mol. The molecule has 0 aromatic carbocycles. The standard InChI is InChI=1S/C14H30N2O/c1-11(2)13-9-15-12(3)10-16(13)7-8-17-14(4,5)6/h11-13,15H,7-10H2,1-6H3. The maximum absolute atomic E-state index is 5.83. The first kappa shape index (κ1) is 14.9. The van der Waals surface area contributed by atoms with E-state index in [9.17, 15) is 0 Å². The molecule has 1 heterocycles. The Labute approximate surface area is 107 Å². The Bertz CT molecular complexity index is 223. The van der Waals surface area contributed by atoms with Gasteiger partial charge in [-0.05, 0) is 33.6 Å². The molecule has 0 amide bonds. The molecule has 2 atom stereocenters. The van der Waals surface area contributed by atoms with Crippen molar-refractivity contribution >= 4 is 0 Å². The van der Waals surface area contributed by atoms with E-state index in [0.29, 0.717) is 18.0 Å². The largest absolute Gasteiger partial charge is 0.375 e. The maximum atomic E-state index is 5.83. The molecular formula is C14H30N2O. The summed E-state index contributed by atoms with van der Waals surface area (Å²) in [5, 5.41) is 3.57. The Morgan fingerprint density at radius 2 is 2.00 bits per heavy atom. The molecule has 0 bridgehead atoms. The zero-order valence-electron chi connectivity index (χ0n) is 12.4. The number of hydrogen-bond donors (Lipinski definition) is 1. The van der Waals surface area contributed by atoms with E-state index in [4.69, 9.17) is 4.74 Å². The molecule has 1 aliphatic heterocycles. The van der Waals surface area contributed by atoms with Gasteiger partial charge in [-0.15, -0.1) is 0 Å². The van der Waals surface area contributed by atoms with Crippen molar-refractivity contribution in [1.82, 2.24) is 10.2 Å². The highest BCUT2D eigenvalue weighted by molar-refractivity contribution is 4.85. The fraction of sp³-hybridized carbons (Fsp3) is 1.00. The Morgan fingerprint density at radius 3 is 2.53 bits per heavy atom. The van der Waals surface area contributed by atoms with Gasteiger partial charge in [-0.3, -0.25) is 4.90 Å². The Kier molecular flexibility index (Phi) is 5.42. The van der Waals surface area contributed by atoms with Gasteiger partial charge < -0.3 is 10.1 Å². The van der Waals surface area contributed by atoms with Crippen LogP contribution in [0.25, 0.3) is 0 Å². The molecule has 1 rings (SSSR count). The van der Waals surface area contributed by atoms with Gasteiger partial charge in [-0.1, -0.05) is 13.8 Å². The van der Waals surface area contributed by atoms with E-state index in [1.54, 1.807) is 0 Å². The molecule has 3 nitrogen and oxygen atoms in total. The molecule has 1 N–H and O–H groups in total. The van der Waals surface area contributed by atoms with Gasteiger partial charge in [0, 0.05) is 31.7 Å². The average molecular weight is 242 g/mol. The van der Waals surface area contributed by atoms with Gasteiger partial charge in [0.1, 0.15) is 0 Å². The molecule has 1 fully saturated rings. The van der Waals surface area contributed by atoms with Crippen LogP contribution in [0.1, 0.15) is 41.5 Å². The highest BCUT2D eigenvalue weighted by Gasteiger charge is 2.27. The van der Waals surface area contributed by atoms with E-state index in [0.717, 1.165) is 26.2 Å². The lowest BCUT2D eigenvalue weighted by molar-refractivity contribution is -0.0251. The molecule has 3 heteroatoms. The van der Waals surface area contributed by atoms with Crippen LogP contribution >= 0.6 is 0 Å². The fourth-order valence-electron chi connectivity index (χ4n) is 2.39. The van der Waals surface area contributed by atoms with Gasteiger partial charge in [-0.2, -0.15) is 0 Å². The van der Waals surface area contributed by atoms with Crippen LogP contribution in [0.5, 0.6) is 0 Å². The van der Waals surface area contributed by atoms with Crippen LogP contribution in [0.15, 0.2) is 0 Å². The Hall–Kier alpha value is -0.120. The second-order valence-corrected chi connectivity index (χ2v) is 6.58. The van der Waals surface area contributed by atoms with Crippen molar-refractivity contribution in [3.63, 3.8) is 0 Å². The summed E-state index contributed by atoms with van der Waals surface area (Å²) in [5.41, 5.74) is -0.0209. The molecule has 1 saturated heterocycles. The van der Waals surface area contributed by atoms with Crippen LogP contribution in [0.2, 0.25) is 0 Å². The molecule has 17 heavy (non-hydrogen) atoms. The van der Waals surface area contributed by atoms with Gasteiger partial charge in [0.15, 0.2) is 0 Å². The average Bonchev–Trinajstić information content (AvgIpc) is 2.15. The molecule has 0 aromatic rings. The molecule has 0 radical (unpaired) electrons. The van der Waals surface area contributed by atoms with Crippen molar-refractivity contribution in [3.05, 3.63) is 0 Å². The van der Waals surface area contributed by atoms with Crippen LogP contribution in [-0.2, 0) is 4.74 Å². The summed E-state index contributed by atoms with van der Waals surface area (Å²) in [6.45, 7) is 17.3. The van der Waals surface area contributed by atoms with Gasteiger partial charge >= 0.3 is 0 Å². The fourth-order valence-corrected chi connectivity index (χ4v) is 2.39. The van der Waals surface area contributed by atoms with Gasteiger partial charge in [0.05, 0.1) is 12.2 Å². The third-order valence-electron chi connectivity index (χ3n) is 3.34. The van der Waals surface area contributed by atoms with Crippen molar-refractivity contribution in [1.29, 1.82) is 0 Å². The van der Waals surface area contributed by atoms with E-state index in [1.165, 1.54) is 0 Å². The zero-order chi connectivity index (χ0) is 13.1. The second-order valence-electron chi connectivity index (χ2n) is 6.58. The van der Waals surface area contributed by atoms with Crippen molar-refractivity contribution in [3.8, 4) is 0 Å². The maximum Gasteiger partial charge on any atom is 0.0600 e. The van der Waals surface area contributed by atoms with Gasteiger partial charge in [-0.25, -0.2) is 0 Å². The second kappa shape index (κ2) is 6.17. The Morgan fingerprint density at radius 1 is 1.35 bits per heavy atom. The quantitative estimate of drug-likeness (QED) is 0.817. The minimum Gasteiger partial charge on any atom is -0.375 e. The monoisotopic (exact) mass is 242 g/mol. The third-order valence-corrected chi connectivity index (χ3v) is 3.34. The first-order valence-corrected chi connectivity index (χ1v) is 6.91. The summed E-state index contributed by atoms with van der Waals surface area (Å²) in [5.74, 6) is 0.699. The summed E-state index contributed by atoms with van der Waals surface area (Å²) in [6.07, 6.45) is 0. The van der Waals surface area contributed by atoms with Gasteiger partial charge in [0.25, 0.3) is 0 Å². The van der Waals surface area contributed by atoms with E-state index < -0.39 is 0 Å². The normalized spacial score (nSPS) is 27.7. The minimum absolute atomic E-state index is 0.0209. The number of piperazine rings is 1. The number of rotatable bonds is 4. The number of nitrogens with one attached hydrogen (secondary N) is 1. The first-order chi connectivity index (χ1) is 7.79. The minimum atomic E-state index is -0.0209. The molecule has 2 unspecified atom stereocenters. The number of ether oxygens (including phenoxy) is 1. The van der Waals surface area contributed by atoms with Crippen molar-refractivity contribution in [2.45, 2.75) is 59.2 Å². The smallest absolute Gasteiger partial charge is 0.0600 e. The van der Waals surface area contributed by atoms with Gasteiger partial charge in [0.2, 0.25) is 0 Å². The van der Waals surface area contributed by atoms with Crippen molar-refractivity contribution in [2.24, 2.45) is 5.92 Å². The lowest BCUT2D eigenvalue weighted by Gasteiger charge is -2.41. The predicted octanol–water partition coefficient (Wildman–Crippen LogP) is 2.12. The first-order valence-electron chi connectivity index (χ1n) is 6.91. The van der Waals surface area contributed by atoms with Crippen LogP contribution in [0, 0.1) is 5.92 Å². The molecule has 0 saturated carbocycles. The molecule has 0 aromatic heterocycles.